The minimum Gasteiger partial charge on any atom is -0.497 e. The largest absolute Gasteiger partial charge is 0.497 e. The summed E-state index contributed by atoms with van der Waals surface area (Å²) in [6.45, 7) is 4.35. The Bertz CT molecular complexity index is 1200. The summed E-state index contributed by atoms with van der Waals surface area (Å²) in [6, 6.07) is 17.7. The van der Waals surface area contributed by atoms with Crippen molar-refractivity contribution in [3.8, 4) is 5.75 Å². The number of benzene rings is 2. The van der Waals surface area contributed by atoms with Crippen molar-refractivity contribution in [2.24, 2.45) is 0 Å². The van der Waals surface area contributed by atoms with Gasteiger partial charge in [-0.15, -0.1) is 0 Å². The van der Waals surface area contributed by atoms with E-state index in [2.05, 4.69) is 33.0 Å². The van der Waals surface area contributed by atoms with Crippen LogP contribution in [0.4, 0.5) is 10.6 Å². The van der Waals surface area contributed by atoms with Crippen LogP contribution in [0.25, 0.3) is 0 Å². The molecule has 2 aliphatic rings. The predicted octanol–water partition coefficient (Wildman–Crippen LogP) is 3.92. The number of hydrogen-bond donors (Lipinski definition) is 3. The molecule has 0 spiro atoms. The molecule has 1 aliphatic carbocycles. The number of ether oxygens (including phenoxy) is 1. The zero-order valence-corrected chi connectivity index (χ0v) is 19.6. The molecule has 8 heteroatoms. The summed E-state index contributed by atoms with van der Waals surface area (Å²) in [6.07, 6.45) is 1.17. The third-order valence-electron chi connectivity index (χ3n) is 6.82. The molecule has 2 aromatic carbocycles. The number of urea groups is 1. The van der Waals surface area contributed by atoms with Crippen LogP contribution in [0.2, 0.25) is 0 Å². The van der Waals surface area contributed by atoms with E-state index in [0.717, 1.165) is 29.0 Å². The minimum absolute atomic E-state index is 0.103. The second kappa shape index (κ2) is 8.52. The van der Waals surface area contributed by atoms with E-state index in [1.807, 2.05) is 56.3 Å². The summed E-state index contributed by atoms with van der Waals surface area (Å²) in [5.41, 5.74) is 3.26. The van der Waals surface area contributed by atoms with Gasteiger partial charge < -0.3 is 20.3 Å². The zero-order valence-electron chi connectivity index (χ0n) is 19.6. The molecule has 2 atom stereocenters. The molecule has 0 radical (unpaired) electrons. The first-order valence-corrected chi connectivity index (χ1v) is 11.5. The van der Waals surface area contributed by atoms with E-state index in [1.54, 1.807) is 12.0 Å². The molecule has 0 bridgehead atoms. The molecule has 3 N–H and O–H groups in total. The molecule has 176 valence electrons. The van der Waals surface area contributed by atoms with Crippen molar-refractivity contribution < 1.29 is 14.3 Å². The van der Waals surface area contributed by atoms with Crippen LogP contribution >= 0.6 is 0 Å². The molecule has 8 nitrogen and oxygen atoms in total. The maximum absolute atomic E-state index is 13.2. The molecule has 34 heavy (non-hydrogen) atoms. The highest BCUT2D eigenvalue weighted by atomic mass is 16.5. The molecule has 1 aromatic heterocycles. The quantitative estimate of drug-likeness (QED) is 0.520. The highest BCUT2D eigenvalue weighted by molar-refractivity contribution is 5.92. The predicted molar refractivity (Wildman–Crippen MR) is 129 cm³/mol. The van der Waals surface area contributed by atoms with E-state index in [-0.39, 0.29) is 24.4 Å². The Labute approximate surface area is 198 Å². The van der Waals surface area contributed by atoms with Crippen LogP contribution in [0.1, 0.15) is 48.6 Å². The summed E-state index contributed by atoms with van der Waals surface area (Å²) in [7, 11) is 1.61. The van der Waals surface area contributed by atoms with Crippen LogP contribution in [0.15, 0.2) is 54.6 Å². The Balaban J connectivity index is 1.23. The molecule has 3 aromatic rings. The van der Waals surface area contributed by atoms with Crippen molar-refractivity contribution in [1.82, 2.24) is 20.4 Å². The van der Waals surface area contributed by atoms with Crippen molar-refractivity contribution in [3.05, 3.63) is 77.0 Å². The van der Waals surface area contributed by atoms with Gasteiger partial charge in [0.25, 0.3) is 0 Å². The van der Waals surface area contributed by atoms with Gasteiger partial charge in [0.05, 0.1) is 31.3 Å². The van der Waals surface area contributed by atoms with Gasteiger partial charge in [0.15, 0.2) is 5.82 Å². The number of aromatic nitrogens is 2. The van der Waals surface area contributed by atoms with Gasteiger partial charge in [-0.2, -0.15) is 5.10 Å². The number of carbonyl (C=O) groups excluding carboxylic acids is 2. The Morgan fingerprint density at radius 1 is 1.15 bits per heavy atom. The van der Waals surface area contributed by atoms with E-state index in [4.69, 9.17) is 4.74 Å². The van der Waals surface area contributed by atoms with E-state index < -0.39 is 5.54 Å². The van der Waals surface area contributed by atoms with E-state index in [1.165, 1.54) is 5.56 Å². The van der Waals surface area contributed by atoms with Gasteiger partial charge in [-0.3, -0.25) is 9.89 Å². The second-order valence-electron chi connectivity index (χ2n) is 9.45. The summed E-state index contributed by atoms with van der Waals surface area (Å²) >= 11 is 0. The van der Waals surface area contributed by atoms with Gasteiger partial charge in [0.2, 0.25) is 5.91 Å². The van der Waals surface area contributed by atoms with Crippen LogP contribution in [0.5, 0.6) is 5.75 Å². The number of carbonyl (C=O) groups is 2. The van der Waals surface area contributed by atoms with Crippen molar-refractivity contribution in [1.29, 1.82) is 0 Å². The molecule has 0 saturated heterocycles. The molecule has 1 aliphatic heterocycles. The monoisotopic (exact) mass is 459 g/mol. The van der Waals surface area contributed by atoms with E-state index in [9.17, 15) is 9.59 Å². The van der Waals surface area contributed by atoms with Crippen molar-refractivity contribution in [2.45, 2.75) is 50.7 Å². The maximum atomic E-state index is 13.2. The normalized spacial score (nSPS) is 19.9. The molecule has 5 rings (SSSR count). The van der Waals surface area contributed by atoms with Crippen LogP contribution in [0, 0.1) is 0 Å². The summed E-state index contributed by atoms with van der Waals surface area (Å²) in [5.74, 6) is 1.42. The van der Waals surface area contributed by atoms with Crippen LogP contribution in [-0.2, 0) is 23.3 Å². The maximum Gasteiger partial charge on any atom is 0.318 e. The highest BCUT2D eigenvalue weighted by Gasteiger charge is 2.46. The molecule has 1 saturated carbocycles. The smallest absolute Gasteiger partial charge is 0.318 e. The van der Waals surface area contributed by atoms with Gasteiger partial charge in [-0.25, -0.2) is 4.79 Å². The average Bonchev–Trinajstić information content (AvgIpc) is 3.39. The first-order chi connectivity index (χ1) is 16.4. The average molecular weight is 460 g/mol. The topological polar surface area (TPSA) is 99.3 Å². The number of amides is 3. The fourth-order valence-electron chi connectivity index (χ4n) is 4.71. The lowest BCUT2D eigenvalue weighted by Crippen LogP contribution is -2.47. The Morgan fingerprint density at radius 2 is 1.88 bits per heavy atom. The summed E-state index contributed by atoms with van der Waals surface area (Å²) < 4.78 is 5.16. The second-order valence-corrected chi connectivity index (χ2v) is 9.45. The standard InChI is InChI=1S/C26H29N5O3/c1-26(2)23-20(15-31(26)25(33)27-21-14-19(21)17-7-5-4-6-8-17)24(30-29-23)28-22(32)13-16-9-11-18(34-3)12-10-16/h4-12,19,21H,13-15H2,1-3H3,(H,27,33)(H2,28,29,30,32). The van der Waals surface area contributed by atoms with E-state index >= 15 is 0 Å². The number of nitrogens with zero attached hydrogens (tertiary/aromatic N) is 2. The van der Waals surface area contributed by atoms with Crippen LogP contribution in [0.3, 0.4) is 0 Å². The molecule has 2 unspecified atom stereocenters. The zero-order chi connectivity index (χ0) is 23.9. The van der Waals surface area contributed by atoms with Crippen molar-refractivity contribution in [2.75, 3.05) is 12.4 Å². The Kier molecular flexibility index (Phi) is 5.51. The number of hydrogen-bond acceptors (Lipinski definition) is 4. The van der Waals surface area contributed by atoms with Crippen molar-refractivity contribution in [3.63, 3.8) is 0 Å². The Morgan fingerprint density at radius 3 is 2.59 bits per heavy atom. The van der Waals surface area contributed by atoms with Crippen LogP contribution < -0.4 is 15.4 Å². The van der Waals surface area contributed by atoms with Gasteiger partial charge in [0.1, 0.15) is 5.75 Å². The fraction of sp³-hybridized carbons (Fsp3) is 0.346. The third-order valence-corrected chi connectivity index (χ3v) is 6.82. The SMILES string of the molecule is COc1ccc(CC(=O)Nc2n[nH]c3c2CN(C(=O)NC2CC2c2ccccc2)C3(C)C)cc1. The number of nitrogens with one attached hydrogen (secondary N) is 3. The lowest BCUT2D eigenvalue weighted by Gasteiger charge is -2.32. The minimum atomic E-state index is -0.567. The lowest BCUT2D eigenvalue weighted by molar-refractivity contribution is -0.115. The molecular weight excluding hydrogens is 430 g/mol. The number of rotatable bonds is 6. The lowest BCUT2D eigenvalue weighted by atomic mass is 10.0. The highest BCUT2D eigenvalue weighted by Crippen LogP contribution is 2.43. The number of methoxy groups -OCH3 is 1. The van der Waals surface area contributed by atoms with Crippen molar-refractivity contribution >= 4 is 17.8 Å². The fourth-order valence-corrected chi connectivity index (χ4v) is 4.71. The summed E-state index contributed by atoms with van der Waals surface area (Å²) in [5, 5.41) is 13.5. The number of anilines is 1. The van der Waals surface area contributed by atoms with Gasteiger partial charge in [0, 0.05) is 17.5 Å². The van der Waals surface area contributed by atoms with Gasteiger partial charge in [-0.05, 0) is 43.5 Å². The number of H-pyrrole nitrogens is 1. The van der Waals surface area contributed by atoms with E-state index in [0.29, 0.717) is 18.3 Å². The van der Waals surface area contributed by atoms with Gasteiger partial charge >= 0.3 is 6.03 Å². The van der Waals surface area contributed by atoms with Crippen LogP contribution in [-0.4, -0.2) is 40.2 Å². The molecule has 1 fully saturated rings. The first kappa shape index (κ1) is 22.0. The molecule has 3 amide bonds. The summed E-state index contributed by atoms with van der Waals surface area (Å²) in [4.78, 5) is 27.6. The number of aromatic amines is 1. The third kappa shape index (κ3) is 4.11. The first-order valence-electron chi connectivity index (χ1n) is 11.5. The number of fused-ring (bicyclic) bond motifs is 1. The molecular formula is C26H29N5O3. The van der Waals surface area contributed by atoms with Gasteiger partial charge in [-0.1, -0.05) is 42.5 Å². The molecule has 2 heterocycles. The Hall–Kier alpha value is -3.81.